The number of nitrogens with zero attached hydrogens (tertiary/aromatic N) is 3. The van der Waals surface area contributed by atoms with E-state index in [4.69, 9.17) is 4.74 Å². The number of rotatable bonds is 6. The normalized spacial score (nSPS) is 22.8. The molecular formula is C19H33N3O3S. The molecule has 1 fully saturated rings. The number of hydrogen-bond donors (Lipinski definition) is 0. The molecule has 1 aliphatic heterocycles. The van der Waals surface area contributed by atoms with Gasteiger partial charge in [0.1, 0.15) is 5.75 Å². The zero-order chi connectivity index (χ0) is 19.6. The Kier molecular flexibility index (Phi) is 6.71. The van der Waals surface area contributed by atoms with Gasteiger partial charge in [-0.05, 0) is 65.0 Å². The Hall–Kier alpha value is -1.15. The summed E-state index contributed by atoms with van der Waals surface area (Å²) in [5.74, 6) is 0.689. The van der Waals surface area contributed by atoms with Gasteiger partial charge in [0.25, 0.3) is 0 Å². The smallest absolute Gasteiger partial charge is 0.243 e. The molecule has 1 aromatic carbocycles. The summed E-state index contributed by atoms with van der Waals surface area (Å²) in [5, 5.41) is 0. The highest BCUT2D eigenvalue weighted by Gasteiger charge is 2.37. The summed E-state index contributed by atoms with van der Waals surface area (Å²) >= 11 is 0. The van der Waals surface area contributed by atoms with Gasteiger partial charge < -0.3 is 9.64 Å². The Labute approximate surface area is 158 Å². The van der Waals surface area contributed by atoms with Gasteiger partial charge in [0.15, 0.2) is 0 Å². The molecule has 0 N–H and O–H groups in total. The van der Waals surface area contributed by atoms with Crippen LogP contribution in [0.15, 0.2) is 17.0 Å². The minimum atomic E-state index is -3.53. The molecule has 1 heterocycles. The van der Waals surface area contributed by atoms with Gasteiger partial charge in [-0.1, -0.05) is 0 Å². The van der Waals surface area contributed by atoms with Crippen LogP contribution in [0.2, 0.25) is 0 Å². The molecule has 0 aromatic heterocycles. The highest BCUT2D eigenvalue weighted by Crippen LogP contribution is 2.30. The zero-order valence-electron chi connectivity index (χ0n) is 17.1. The Balaban J connectivity index is 2.26. The minimum Gasteiger partial charge on any atom is -0.497 e. The lowest BCUT2D eigenvalue weighted by Gasteiger charge is -2.44. The third-order valence-corrected chi connectivity index (χ3v) is 7.28. The van der Waals surface area contributed by atoms with E-state index in [-0.39, 0.29) is 12.1 Å². The molecule has 0 saturated carbocycles. The van der Waals surface area contributed by atoms with Crippen LogP contribution in [0.5, 0.6) is 5.75 Å². The highest BCUT2D eigenvalue weighted by atomic mass is 32.2. The Morgan fingerprint density at radius 3 is 2.04 bits per heavy atom. The quantitative estimate of drug-likeness (QED) is 0.752. The van der Waals surface area contributed by atoms with Crippen LogP contribution in [0.25, 0.3) is 0 Å². The number of hydrogen-bond acceptors (Lipinski definition) is 5. The molecule has 148 valence electrons. The fourth-order valence-electron chi connectivity index (χ4n) is 3.82. The maximum atomic E-state index is 13.4. The number of methoxy groups -OCH3 is 1. The van der Waals surface area contributed by atoms with Gasteiger partial charge in [-0.15, -0.1) is 0 Å². The lowest BCUT2D eigenvalue weighted by atomic mass is 10.1. The SMILES string of the molecule is COc1cc(C)c(S(=O)(=O)N2CC(C)N(CCN(C)C)C(C)C2)c(C)c1. The Morgan fingerprint density at radius 2 is 1.62 bits per heavy atom. The number of sulfonamides is 1. The van der Waals surface area contributed by atoms with Crippen LogP contribution in [-0.2, 0) is 10.0 Å². The van der Waals surface area contributed by atoms with E-state index in [0.717, 1.165) is 24.2 Å². The minimum absolute atomic E-state index is 0.187. The van der Waals surface area contributed by atoms with Crippen molar-refractivity contribution in [3.05, 3.63) is 23.3 Å². The lowest BCUT2D eigenvalue weighted by molar-refractivity contribution is 0.0708. The van der Waals surface area contributed by atoms with E-state index >= 15 is 0 Å². The Morgan fingerprint density at radius 1 is 1.12 bits per heavy atom. The molecular weight excluding hydrogens is 350 g/mol. The summed E-state index contributed by atoms with van der Waals surface area (Å²) in [6.45, 7) is 10.9. The van der Waals surface area contributed by atoms with Gasteiger partial charge >= 0.3 is 0 Å². The van der Waals surface area contributed by atoms with Crippen molar-refractivity contribution in [1.82, 2.24) is 14.1 Å². The van der Waals surface area contributed by atoms with Gasteiger partial charge in [-0.25, -0.2) is 8.42 Å². The second kappa shape index (κ2) is 8.25. The number of ether oxygens (including phenoxy) is 1. The molecule has 1 aliphatic rings. The van der Waals surface area contributed by atoms with Crippen molar-refractivity contribution < 1.29 is 13.2 Å². The average Bonchev–Trinajstić information content (AvgIpc) is 2.52. The van der Waals surface area contributed by atoms with Crippen LogP contribution in [-0.4, -0.2) is 82.0 Å². The van der Waals surface area contributed by atoms with E-state index in [2.05, 4.69) is 37.7 Å². The number of piperazine rings is 1. The topological polar surface area (TPSA) is 53.1 Å². The van der Waals surface area contributed by atoms with E-state index in [1.165, 1.54) is 0 Å². The standard InChI is InChI=1S/C19H33N3O3S/c1-14-10-18(25-7)11-15(2)19(14)26(23,24)21-12-16(3)22(17(4)13-21)9-8-20(5)6/h10-11,16-17H,8-9,12-13H2,1-7H3. The molecule has 0 amide bonds. The number of aryl methyl sites for hydroxylation is 2. The van der Waals surface area contributed by atoms with Gasteiger partial charge in [0.2, 0.25) is 10.0 Å². The average molecular weight is 384 g/mol. The molecule has 2 unspecified atom stereocenters. The first-order valence-electron chi connectivity index (χ1n) is 9.13. The molecule has 0 radical (unpaired) electrons. The second-order valence-corrected chi connectivity index (χ2v) is 9.53. The summed E-state index contributed by atoms with van der Waals surface area (Å²) < 4.78 is 33.6. The number of benzene rings is 1. The molecule has 2 rings (SSSR count). The molecule has 1 aromatic rings. The van der Waals surface area contributed by atoms with Crippen LogP contribution in [0.4, 0.5) is 0 Å². The summed E-state index contributed by atoms with van der Waals surface area (Å²) in [6, 6.07) is 3.96. The fraction of sp³-hybridized carbons (Fsp3) is 0.684. The van der Waals surface area contributed by atoms with Crippen molar-refractivity contribution >= 4 is 10.0 Å². The van der Waals surface area contributed by atoms with Gasteiger partial charge in [0, 0.05) is 38.3 Å². The molecule has 2 atom stereocenters. The maximum Gasteiger partial charge on any atom is 0.243 e. The van der Waals surface area contributed by atoms with Crippen molar-refractivity contribution in [3.8, 4) is 5.75 Å². The largest absolute Gasteiger partial charge is 0.497 e. The van der Waals surface area contributed by atoms with Crippen molar-refractivity contribution in [2.24, 2.45) is 0 Å². The van der Waals surface area contributed by atoms with Crippen molar-refractivity contribution in [2.45, 2.75) is 44.7 Å². The Bertz CT molecular complexity index is 699. The monoisotopic (exact) mass is 383 g/mol. The van der Waals surface area contributed by atoms with Crippen LogP contribution < -0.4 is 4.74 Å². The third kappa shape index (κ3) is 4.39. The molecule has 0 bridgehead atoms. The summed E-state index contributed by atoms with van der Waals surface area (Å²) in [4.78, 5) is 4.98. The molecule has 0 aliphatic carbocycles. The molecule has 6 nitrogen and oxygen atoms in total. The zero-order valence-corrected chi connectivity index (χ0v) is 17.9. The third-order valence-electron chi connectivity index (χ3n) is 5.14. The first-order valence-corrected chi connectivity index (χ1v) is 10.6. The van der Waals surface area contributed by atoms with E-state index in [0.29, 0.717) is 23.7 Å². The highest BCUT2D eigenvalue weighted by molar-refractivity contribution is 7.89. The lowest BCUT2D eigenvalue weighted by Crippen LogP contribution is -2.58. The van der Waals surface area contributed by atoms with Gasteiger partial charge in [0.05, 0.1) is 12.0 Å². The second-order valence-electron chi connectivity index (χ2n) is 7.65. The first-order chi connectivity index (χ1) is 12.1. The summed E-state index contributed by atoms with van der Waals surface area (Å²) in [5.41, 5.74) is 1.47. The molecule has 0 spiro atoms. The molecule has 1 saturated heterocycles. The van der Waals surface area contributed by atoms with E-state index in [1.54, 1.807) is 23.5 Å². The van der Waals surface area contributed by atoms with E-state index in [1.807, 2.05) is 13.8 Å². The van der Waals surface area contributed by atoms with Crippen molar-refractivity contribution in [3.63, 3.8) is 0 Å². The predicted molar refractivity (Wildman–Crippen MR) is 105 cm³/mol. The van der Waals surface area contributed by atoms with Crippen LogP contribution in [0.1, 0.15) is 25.0 Å². The maximum absolute atomic E-state index is 13.4. The number of likely N-dealkylation sites (N-methyl/N-ethyl adjacent to an activating group) is 1. The molecule has 7 heteroatoms. The van der Waals surface area contributed by atoms with E-state index < -0.39 is 10.0 Å². The van der Waals surface area contributed by atoms with Crippen LogP contribution >= 0.6 is 0 Å². The molecule has 26 heavy (non-hydrogen) atoms. The van der Waals surface area contributed by atoms with Crippen LogP contribution in [0, 0.1) is 13.8 Å². The van der Waals surface area contributed by atoms with Crippen molar-refractivity contribution in [2.75, 3.05) is 47.4 Å². The first kappa shape index (κ1) is 21.2. The van der Waals surface area contributed by atoms with Gasteiger partial charge in [-0.3, -0.25) is 4.90 Å². The summed E-state index contributed by atoms with van der Waals surface area (Å²) in [7, 11) is 2.19. The van der Waals surface area contributed by atoms with E-state index in [9.17, 15) is 8.42 Å². The van der Waals surface area contributed by atoms with Gasteiger partial charge in [-0.2, -0.15) is 4.31 Å². The predicted octanol–water partition coefficient (Wildman–Crippen LogP) is 1.96. The summed E-state index contributed by atoms with van der Waals surface area (Å²) in [6.07, 6.45) is 0. The fourth-order valence-corrected chi connectivity index (χ4v) is 5.84. The van der Waals surface area contributed by atoms with Crippen LogP contribution in [0.3, 0.4) is 0 Å². The van der Waals surface area contributed by atoms with Crippen molar-refractivity contribution in [1.29, 1.82) is 0 Å².